The Morgan fingerprint density at radius 3 is 3.00 bits per heavy atom. The molecule has 1 N–H and O–H groups in total. The number of benzene rings is 1. The lowest BCUT2D eigenvalue weighted by molar-refractivity contribution is 0.126. The molecule has 1 aromatic carbocycles. The molecular weight excluding hydrogens is 260 g/mol. The number of hydrogen-bond donors (Lipinski definition) is 1. The van der Waals surface area contributed by atoms with Crippen molar-refractivity contribution in [3.63, 3.8) is 0 Å². The Kier molecular flexibility index (Phi) is 4.81. The van der Waals surface area contributed by atoms with E-state index in [2.05, 4.69) is 42.3 Å². The van der Waals surface area contributed by atoms with E-state index in [-0.39, 0.29) is 0 Å². The Morgan fingerprint density at radius 1 is 1.29 bits per heavy atom. The second-order valence-electron chi connectivity index (χ2n) is 6.36. The van der Waals surface area contributed by atoms with E-state index in [1.54, 1.807) is 0 Å². The van der Waals surface area contributed by atoms with Crippen molar-refractivity contribution in [2.75, 3.05) is 26.2 Å². The normalized spacial score (nSPS) is 25.6. The standard InChI is InChI=1S/C18H28N2O/c1-3-16-13-20(17(4-2)12-19-16)9-7-14-5-6-18-15(11-14)8-10-21-18/h5-6,11,16-17,19H,3-4,7-10,12-13H2,1-2H3. The molecule has 2 aliphatic heterocycles. The third-order valence-corrected chi connectivity index (χ3v) is 5.02. The number of nitrogens with one attached hydrogen (secondary N) is 1. The van der Waals surface area contributed by atoms with Crippen molar-refractivity contribution in [1.29, 1.82) is 0 Å². The van der Waals surface area contributed by atoms with Gasteiger partial charge in [-0.15, -0.1) is 0 Å². The zero-order valence-electron chi connectivity index (χ0n) is 13.4. The van der Waals surface area contributed by atoms with Crippen molar-refractivity contribution in [2.45, 2.75) is 51.6 Å². The van der Waals surface area contributed by atoms with E-state index >= 15 is 0 Å². The zero-order chi connectivity index (χ0) is 14.7. The van der Waals surface area contributed by atoms with Gasteiger partial charge in [0.15, 0.2) is 0 Å². The molecule has 0 aliphatic carbocycles. The van der Waals surface area contributed by atoms with Crippen LogP contribution in [-0.4, -0.2) is 43.2 Å². The summed E-state index contributed by atoms with van der Waals surface area (Å²) in [6.45, 7) is 8.96. The molecule has 0 bridgehead atoms. The number of nitrogens with zero attached hydrogens (tertiary/aromatic N) is 1. The summed E-state index contributed by atoms with van der Waals surface area (Å²) in [5, 5.41) is 3.67. The summed E-state index contributed by atoms with van der Waals surface area (Å²) in [6, 6.07) is 8.11. The van der Waals surface area contributed by atoms with Gasteiger partial charge in [0.25, 0.3) is 0 Å². The van der Waals surface area contributed by atoms with E-state index in [9.17, 15) is 0 Å². The van der Waals surface area contributed by atoms with Gasteiger partial charge in [-0.3, -0.25) is 4.90 Å². The van der Waals surface area contributed by atoms with Crippen LogP contribution in [0.2, 0.25) is 0 Å². The molecule has 0 amide bonds. The maximum atomic E-state index is 5.59. The summed E-state index contributed by atoms with van der Waals surface area (Å²) in [7, 11) is 0. The molecule has 0 saturated carbocycles. The second kappa shape index (κ2) is 6.80. The Bertz CT molecular complexity index is 474. The topological polar surface area (TPSA) is 24.5 Å². The monoisotopic (exact) mass is 288 g/mol. The SMILES string of the molecule is CCC1CN(CCc2ccc3c(c2)CCO3)C(CC)CN1. The highest BCUT2D eigenvalue weighted by atomic mass is 16.5. The predicted octanol–water partition coefficient (Wildman–Crippen LogP) is 2.63. The highest BCUT2D eigenvalue weighted by Gasteiger charge is 2.25. The maximum Gasteiger partial charge on any atom is 0.122 e. The van der Waals surface area contributed by atoms with Gasteiger partial charge >= 0.3 is 0 Å². The summed E-state index contributed by atoms with van der Waals surface area (Å²) in [5.74, 6) is 1.10. The Balaban J connectivity index is 1.60. The average molecular weight is 288 g/mol. The lowest BCUT2D eigenvalue weighted by atomic mass is 10.0. The molecule has 2 heterocycles. The molecule has 2 aliphatic rings. The lowest BCUT2D eigenvalue weighted by Gasteiger charge is -2.40. The molecule has 0 aromatic heterocycles. The minimum absolute atomic E-state index is 0.668. The van der Waals surface area contributed by atoms with Crippen molar-refractivity contribution in [2.24, 2.45) is 0 Å². The molecule has 1 aromatic rings. The summed E-state index contributed by atoms with van der Waals surface area (Å²) in [4.78, 5) is 2.69. The molecular formula is C18H28N2O. The van der Waals surface area contributed by atoms with E-state index in [1.165, 1.54) is 37.1 Å². The smallest absolute Gasteiger partial charge is 0.122 e. The number of ether oxygens (including phenoxy) is 1. The Morgan fingerprint density at radius 2 is 2.19 bits per heavy atom. The molecule has 21 heavy (non-hydrogen) atoms. The van der Waals surface area contributed by atoms with Crippen molar-refractivity contribution < 1.29 is 4.74 Å². The fourth-order valence-electron chi connectivity index (χ4n) is 3.55. The van der Waals surface area contributed by atoms with Gasteiger partial charge in [-0.05, 0) is 36.5 Å². The largest absolute Gasteiger partial charge is 0.493 e. The molecule has 1 fully saturated rings. The first kappa shape index (κ1) is 14.9. The predicted molar refractivity (Wildman–Crippen MR) is 87.1 cm³/mol. The Labute approximate surface area is 128 Å². The van der Waals surface area contributed by atoms with E-state index in [0.29, 0.717) is 12.1 Å². The summed E-state index contributed by atoms with van der Waals surface area (Å²) < 4.78 is 5.59. The summed E-state index contributed by atoms with van der Waals surface area (Å²) >= 11 is 0. The average Bonchev–Trinajstić information content (AvgIpc) is 3.00. The molecule has 0 radical (unpaired) electrons. The fourth-order valence-corrected chi connectivity index (χ4v) is 3.55. The second-order valence-corrected chi connectivity index (χ2v) is 6.36. The third-order valence-electron chi connectivity index (χ3n) is 5.02. The molecule has 3 nitrogen and oxygen atoms in total. The molecule has 2 unspecified atom stereocenters. The van der Waals surface area contributed by atoms with Gasteiger partial charge in [0.2, 0.25) is 0 Å². The quantitative estimate of drug-likeness (QED) is 0.901. The highest BCUT2D eigenvalue weighted by molar-refractivity contribution is 5.39. The highest BCUT2D eigenvalue weighted by Crippen LogP contribution is 2.26. The minimum atomic E-state index is 0.668. The van der Waals surface area contributed by atoms with Crippen molar-refractivity contribution >= 4 is 0 Å². The molecule has 1 saturated heterocycles. The van der Waals surface area contributed by atoms with Gasteiger partial charge in [-0.2, -0.15) is 0 Å². The summed E-state index contributed by atoms with van der Waals surface area (Å²) in [5.41, 5.74) is 2.85. The van der Waals surface area contributed by atoms with Gasteiger partial charge in [0, 0.05) is 38.1 Å². The van der Waals surface area contributed by atoms with Crippen molar-refractivity contribution in [3.8, 4) is 5.75 Å². The molecule has 0 spiro atoms. The number of rotatable bonds is 5. The molecule has 3 heteroatoms. The van der Waals surface area contributed by atoms with Crippen LogP contribution in [0.15, 0.2) is 18.2 Å². The van der Waals surface area contributed by atoms with Gasteiger partial charge in [-0.25, -0.2) is 0 Å². The minimum Gasteiger partial charge on any atom is -0.493 e. The fraction of sp³-hybridized carbons (Fsp3) is 0.667. The van der Waals surface area contributed by atoms with Crippen LogP contribution in [0.4, 0.5) is 0 Å². The van der Waals surface area contributed by atoms with E-state index in [4.69, 9.17) is 4.74 Å². The number of fused-ring (bicyclic) bond motifs is 1. The summed E-state index contributed by atoms with van der Waals surface area (Å²) in [6.07, 6.45) is 4.69. The first-order valence-corrected chi connectivity index (χ1v) is 8.52. The van der Waals surface area contributed by atoms with Crippen molar-refractivity contribution in [3.05, 3.63) is 29.3 Å². The van der Waals surface area contributed by atoms with E-state index in [1.807, 2.05) is 0 Å². The maximum absolute atomic E-state index is 5.59. The van der Waals surface area contributed by atoms with Crippen LogP contribution in [0.1, 0.15) is 37.8 Å². The zero-order valence-corrected chi connectivity index (χ0v) is 13.4. The molecule has 2 atom stereocenters. The van der Waals surface area contributed by atoms with Crippen LogP contribution in [0.3, 0.4) is 0 Å². The lowest BCUT2D eigenvalue weighted by Crippen LogP contribution is -2.56. The third kappa shape index (κ3) is 3.41. The first-order valence-electron chi connectivity index (χ1n) is 8.52. The van der Waals surface area contributed by atoms with Crippen LogP contribution in [0.5, 0.6) is 5.75 Å². The molecule has 116 valence electrons. The van der Waals surface area contributed by atoms with Gasteiger partial charge < -0.3 is 10.1 Å². The number of piperazine rings is 1. The first-order chi connectivity index (χ1) is 10.3. The van der Waals surface area contributed by atoms with Crippen LogP contribution in [0, 0.1) is 0 Å². The van der Waals surface area contributed by atoms with Gasteiger partial charge in [0.1, 0.15) is 5.75 Å². The van der Waals surface area contributed by atoms with Crippen LogP contribution >= 0.6 is 0 Å². The van der Waals surface area contributed by atoms with E-state index in [0.717, 1.165) is 31.7 Å². The van der Waals surface area contributed by atoms with Crippen LogP contribution in [-0.2, 0) is 12.8 Å². The van der Waals surface area contributed by atoms with Gasteiger partial charge in [-0.1, -0.05) is 26.0 Å². The Hall–Kier alpha value is -1.06. The van der Waals surface area contributed by atoms with Crippen LogP contribution < -0.4 is 10.1 Å². The number of hydrogen-bond acceptors (Lipinski definition) is 3. The molecule has 3 rings (SSSR count). The van der Waals surface area contributed by atoms with E-state index < -0.39 is 0 Å². The van der Waals surface area contributed by atoms with Gasteiger partial charge in [0.05, 0.1) is 6.61 Å². The van der Waals surface area contributed by atoms with Crippen LogP contribution in [0.25, 0.3) is 0 Å². The van der Waals surface area contributed by atoms with Crippen molar-refractivity contribution in [1.82, 2.24) is 10.2 Å².